The summed E-state index contributed by atoms with van der Waals surface area (Å²) in [5.74, 6) is -0.397. The number of ether oxygens (including phenoxy) is 1. The van der Waals surface area contributed by atoms with E-state index in [0.717, 1.165) is 4.90 Å². The largest absolute Gasteiger partial charge is 0.448 e. The fourth-order valence-corrected chi connectivity index (χ4v) is 3.30. The molecule has 0 amide bonds. The molecule has 0 heterocycles. The van der Waals surface area contributed by atoms with Crippen LogP contribution < -0.4 is 0 Å². The van der Waals surface area contributed by atoms with Gasteiger partial charge in [-0.15, -0.1) is 0 Å². The molecule has 0 radical (unpaired) electrons. The zero-order valence-electron chi connectivity index (χ0n) is 11.7. The van der Waals surface area contributed by atoms with Crippen LogP contribution in [0.2, 0.25) is 0 Å². The second-order valence-electron chi connectivity index (χ2n) is 4.21. The molecular weight excluding hydrogens is 300 g/mol. The molecule has 4 heteroatoms. The normalized spacial score (nSPS) is 11.7. The van der Waals surface area contributed by atoms with Gasteiger partial charge in [0.15, 0.2) is 0 Å². The van der Waals surface area contributed by atoms with E-state index in [2.05, 4.69) is 30.8 Å². The molecule has 2 aromatic carbocycles. The Balaban J connectivity index is 1.93. The summed E-state index contributed by atoms with van der Waals surface area (Å²) in [4.78, 5) is 14.6. The van der Waals surface area contributed by atoms with Crippen molar-refractivity contribution in [1.82, 2.24) is 0 Å². The number of carbonyl (C=O) groups excluding carboxylic acids is 1. The molecule has 0 saturated carbocycles. The summed E-state index contributed by atoms with van der Waals surface area (Å²) >= 11 is 3.22. The van der Waals surface area contributed by atoms with Crippen LogP contribution in [0, 0.1) is 0 Å². The molecule has 0 saturated heterocycles. The maximum Gasteiger partial charge on any atom is 0.331 e. The van der Waals surface area contributed by atoms with E-state index in [1.54, 1.807) is 11.8 Å². The predicted octanol–water partition coefficient (Wildman–Crippen LogP) is 5.01. The Morgan fingerprint density at radius 2 is 1.62 bits per heavy atom. The summed E-state index contributed by atoms with van der Waals surface area (Å²) in [6.07, 6.45) is 1.18. The molecule has 0 fully saturated rings. The van der Waals surface area contributed by atoms with Crippen LogP contribution in [-0.4, -0.2) is 11.4 Å². The van der Waals surface area contributed by atoms with Crippen molar-refractivity contribution in [2.75, 3.05) is 0 Å². The summed E-state index contributed by atoms with van der Waals surface area (Å²) in [5, 5.41) is 0. The van der Waals surface area contributed by atoms with Crippen LogP contribution >= 0.6 is 23.5 Å². The molecule has 2 rings (SSSR count). The van der Waals surface area contributed by atoms with Crippen molar-refractivity contribution in [2.24, 2.45) is 0 Å². The SMILES string of the molecule is C=CC(=O)OC(C)Sc1ccc(Sc2ccccc2)cc1. The molecule has 2 nitrogen and oxygen atoms in total. The fraction of sp³-hybridized carbons (Fsp3) is 0.118. The molecule has 0 N–H and O–H groups in total. The van der Waals surface area contributed by atoms with Crippen molar-refractivity contribution < 1.29 is 9.53 Å². The lowest BCUT2D eigenvalue weighted by molar-refractivity contribution is -0.138. The van der Waals surface area contributed by atoms with E-state index in [1.807, 2.05) is 37.3 Å². The number of benzene rings is 2. The van der Waals surface area contributed by atoms with E-state index in [0.29, 0.717) is 0 Å². The molecule has 0 spiro atoms. The van der Waals surface area contributed by atoms with E-state index in [1.165, 1.54) is 27.6 Å². The number of esters is 1. The van der Waals surface area contributed by atoms with Crippen molar-refractivity contribution in [3.05, 3.63) is 67.3 Å². The number of hydrogen-bond donors (Lipinski definition) is 0. The molecule has 0 aliphatic heterocycles. The molecule has 0 aromatic heterocycles. The van der Waals surface area contributed by atoms with Crippen molar-refractivity contribution in [3.8, 4) is 0 Å². The van der Waals surface area contributed by atoms with Crippen molar-refractivity contribution in [2.45, 2.75) is 27.0 Å². The van der Waals surface area contributed by atoms with Crippen LogP contribution in [0.15, 0.2) is 81.9 Å². The summed E-state index contributed by atoms with van der Waals surface area (Å²) < 4.78 is 5.13. The highest BCUT2D eigenvalue weighted by molar-refractivity contribution is 8.00. The molecule has 1 unspecified atom stereocenters. The molecule has 0 bridgehead atoms. The van der Waals surface area contributed by atoms with Gasteiger partial charge in [-0.3, -0.25) is 0 Å². The zero-order valence-corrected chi connectivity index (χ0v) is 13.3. The lowest BCUT2D eigenvalue weighted by Crippen LogP contribution is -2.08. The van der Waals surface area contributed by atoms with Gasteiger partial charge >= 0.3 is 5.97 Å². The highest BCUT2D eigenvalue weighted by Gasteiger charge is 2.08. The lowest BCUT2D eigenvalue weighted by Gasteiger charge is -2.11. The van der Waals surface area contributed by atoms with Crippen molar-refractivity contribution in [3.63, 3.8) is 0 Å². The van der Waals surface area contributed by atoms with E-state index in [9.17, 15) is 4.79 Å². The van der Waals surface area contributed by atoms with E-state index in [4.69, 9.17) is 4.74 Å². The Morgan fingerprint density at radius 3 is 2.24 bits per heavy atom. The third-order valence-corrected chi connectivity index (χ3v) is 4.54. The second kappa shape index (κ2) is 7.96. The quantitative estimate of drug-likeness (QED) is 0.324. The first kappa shape index (κ1) is 15.7. The van der Waals surface area contributed by atoms with Crippen LogP contribution in [0.4, 0.5) is 0 Å². The van der Waals surface area contributed by atoms with Gasteiger partial charge in [-0.2, -0.15) is 0 Å². The summed E-state index contributed by atoms with van der Waals surface area (Å²) in [5.41, 5.74) is -0.233. The standard InChI is InChI=1S/C17H16O2S2/c1-3-17(18)19-13(2)20-15-9-11-16(12-10-15)21-14-7-5-4-6-8-14/h3-13H,1H2,2H3. The van der Waals surface area contributed by atoms with Gasteiger partial charge in [0.05, 0.1) is 0 Å². The maximum absolute atomic E-state index is 11.1. The van der Waals surface area contributed by atoms with Crippen molar-refractivity contribution >= 4 is 29.5 Å². The van der Waals surface area contributed by atoms with Crippen LogP contribution in [0.1, 0.15) is 6.92 Å². The van der Waals surface area contributed by atoms with Gasteiger partial charge < -0.3 is 4.74 Å². The van der Waals surface area contributed by atoms with Gasteiger partial charge in [0.25, 0.3) is 0 Å². The van der Waals surface area contributed by atoms with Gasteiger partial charge in [0, 0.05) is 20.8 Å². The molecule has 1 atom stereocenters. The van der Waals surface area contributed by atoms with Crippen LogP contribution in [0.3, 0.4) is 0 Å². The van der Waals surface area contributed by atoms with Crippen LogP contribution in [-0.2, 0) is 9.53 Å². The molecular formula is C17H16O2S2. The number of rotatable bonds is 6. The van der Waals surface area contributed by atoms with E-state index >= 15 is 0 Å². The number of carbonyl (C=O) groups is 1. The molecule has 0 aliphatic carbocycles. The Hall–Kier alpha value is -1.65. The predicted molar refractivity (Wildman–Crippen MR) is 88.6 cm³/mol. The van der Waals surface area contributed by atoms with Gasteiger partial charge in [0.2, 0.25) is 0 Å². The maximum atomic E-state index is 11.1. The fourth-order valence-electron chi connectivity index (χ4n) is 1.64. The summed E-state index contributed by atoms with van der Waals surface area (Å²) in [7, 11) is 0. The van der Waals surface area contributed by atoms with Gasteiger partial charge in [-0.25, -0.2) is 4.79 Å². The minimum atomic E-state index is -0.397. The topological polar surface area (TPSA) is 26.3 Å². The minimum absolute atomic E-state index is 0.233. The number of thioether (sulfide) groups is 1. The Morgan fingerprint density at radius 1 is 1.05 bits per heavy atom. The monoisotopic (exact) mass is 316 g/mol. The van der Waals surface area contributed by atoms with Gasteiger partial charge in [-0.1, -0.05) is 48.3 Å². The van der Waals surface area contributed by atoms with E-state index < -0.39 is 5.97 Å². The average Bonchev–Trinajstić information content (AvgIpc) is 2.50. The first-order chi connectivity index (χ1) is 10.2. The third-order valence-electron chi connectivity index (χ3n) is 2.55. The third kappa shape index (κ3) is 5.33. The average molecular weight is 316 g/mol. The first-order valence-electron chi connectivity index (χ1n) is 6.50. The Bertz CT molecular complexity index is 594. The van der Waals surface area contributed by atoms with E-state index in [-0.39, 0.29) is 5.44 Å². The van der Waals surface area contributed by atoms with Gasteiger partial charge in [0.1, 0.15) is 5.44 Å². The molecule has 2 aromatic rings. The Kier molecular flexibility index (Phi) is 5.96. The smallest absolute Gasteiger partial charge is 0.331 e. The van der Waals surface area contributed by atoms with Gasteiger partial charge in [-0.05, 0) is 43.3 Å². The van der Waals surface area contributed by atoms with Crippen molar-refractivity contribution in [1.29, 1.82) is 0 Å². The lowest BCUT2D eigenvalue weighted by atomic mass is 10.4. The first-order valence-corrected chi connectivity index (χ1v) is 8.19. The zero-order chi connectivity index (χ0) is 15.1. The highest BCUT2D eigenvalue weighted by Crippen LogP contribution is 2.30. The number of hydrogen-bond acceptors (Lipinski definition) is 4. The van der Waals surface area contributed by atoms with Crippen LogP contribution in [0.25, 0.3) is 0 Å². The molecule has 0 aliphatic rings. The molecule has 21 heavy (non-hydrogen) atoms. The summed E-state index contributed by atoms with van der Waals surface area (Å²) in [6, 6.07) is 18.5. The minimum Gasteiger partial charge on any atom is -0.448 e. The molecule has 108 valence electrons. The summed E-state index contributed by atoms with van der Waals surface area (Å²) in [6.45, 7) is 5.23. The Labute approximate surface area is 133 Å². The second-order valence-corrected chi connectivity index (χ2v) is 6.73. The highest BCUT2D eigenvalue weighted by atomic mass is 32.2. The van der Waals surface area contributed by atoms with Crippen LogP contribution in [0.5, 0.6) is 0 Å².